The van der Waals surface area contributed by atoms with Crippen LogP contribution in [0.4, 0.5) is 10.2 Å². The quantitative estimate of drug-likeness (QED) is 0.302. The zero-order valence-corrected chi connectivity index (χ0v) is 24.0. The van der Waals surface area contributed by atoms with Gasteiger partial charge in [-0.15, -0.1) is 5.10 Å². The van der Waals surface area contributed by atoms with Gasteiger partial charge in [0.15, 0.2) is 11.5 Å². The Balaban J connectivity index is 1.45. The molecule has 4 aromatic heterocycles. The van der Waals surface area contributed by atoms with Crippen molar-refractivity contribution in [2.45, 2.75) is 32.2 Å². The van der Waals surface area contributed by atoms with Crippen LogP contribution in [0, 0.1) is 17.7 Å². The van der Waals surface area contributed by atoms with Gasteiger partial charge >= 0.3 is 0 Å². The number of hydrogen-bond donors (Lipinski definition) is 2. The van der Waals surface area contributed by atoms with Crippen LogP contribution in [0.3, 0.4) is 0 Å². The maximum atomic E-state index is 14.6. The molecule has 3 N–H and O–H groups in total. The minimum absolute atomic E-state index is 0.0369. The molecule has 0 spiro atoms. The van der Waals surface area contributed by atoms with Crippen LogP contribution in [-0.2, 0) is 19.9 Å². The molecule has 10 nitrogen and oxygen atoms in total. The van der Waals surface area contributed by atoms with E-state index in [2.05, 4.69) is 32.3 Å². The number of anilines is 1. The molecule has 0 radical (unpaired) electrons. The van der Waals surface area contributed by atoms with Crippen LogP contribution in [-0.4, -0.2) is 34.9 Å². The molecular formula is C33H27FN8O2. The number of aryl methyl sites for hydroxylation is 3. The molecule has 0 saturated carbocycles. The highest BCUT2D eigenvalue weighted by atomic mass is 19.1. The largest absolute Gasteiger partial charge is 0.381 e. The summed E-state index contributed by atoms with van der Waals surface area (Å²) in [5.74, 6) is 5.37. The fraction of sp³-hybridized carbons (Fsp3) is 0.182. The van der Waals surface area contributed by atoms with Crippen molar-refractivity contribution in [1.82, 2.24) is 34.3 Å². The molecule has 7 rings (SSSR count). The summed E-state index contributed by atoms with van der Waals surface area (Å²) in [5, 5.41) is 12.7. The average Bonchev–Trinajstić information content (AvgIpc) is 3.58. The van der Waals surface area contributed by atoms with E-state index < -0.39 is 17.8 Å². The van der Waals surface area contributed by atoms with Crippen LogP contribution in [0.2, 0.25) is 0 Å². The minimum atomic E-state index is -0.674. The third kappa shape index (κ3) is 4.48. The fourth-order valence-electron chi connectivity index (χ4n) is 6.13. The van der Waals surface area contributed by atoms with E-state index in [4.69, 9.17) is 5.73 Å². The van der Waals surface area contributed by atoms with Gasteiger partial charge in [-0.2, -0.15) is 5.10 Å². The van der Waals surface area contributed by atoms with Gasteiger partial charge in [-0.25, -0.2) is 13.9 Å². The van der Waals surface area contributed by atoms with Gasteiger partial charge in [-0.1, -0.05) is 24.0 Å². The molecule has 1 atom stereocenters. The predicted molar refractivity (Wildman–Crippen MR) is 164 cm³/mol. The Labute approximate surface area is 251 Å². The number of carbonyl (C=O) groups is 1. The van der Waals surface area contributed by atoms with Crippen LogP contribution >= 0.6 is 0 Å². The average molecular weight is 587 g/mol. The van der Waals surface area contributed by atoms with Crippen molar-refractivity contribution in [3.63, 3.8) is 0 Å². The van der Waals surface area contributed by atoms with E-state index in [1.54, 1.807) is 54.6 Å². The topological polar surface area (TPSA) is 125 Å². The van der Waals surface area contributed by atoms with Crippen LogP contribution in [0.1, 0.15) is 57.7 Å². The lowest BCUT2D eigenvalue weighted by atomic mass is 9.85. The van der Waals surface area contributed by atoms with Crippen molar-refractivity contribution in [3.8, 4) is 17.5 Å². The number of nitrogen functional groups attached to an aromatic ring is 1. The van der Waals surface area contributed by atoms with Crippen molar-refractivity contribution in [3.05, 3.63) is 117 Å². The molecular weight excluding hydrogens is 559 g/mol. The van der Waals surface area contributed by atoms with E-state index in [-0.39, 0.29) is 16.9 Å². The number of benzene rings is 2. The number of rotatable bonds is 4. The van der Waals surface area contributed by atoms with E-state index in [1.807, 2.05) is 19.2 Å². The first-order valence-electron chi connectivity index (χ1n) is 14.2. The summed E-state index contributed by atoms with van der Waals surface area (Å²) in [5.41, 5.74) is 10.4. The first kappa shape index (κ1) is 27.1. The monoisotopic (exact) mass is 586 g/mol. The third-order valence-corrected chi connectivity index (χ3v) is 7.95. The molecule has 218 valence electrons. The molecule has 6 aromatic rings. The van der Waals surface area contributed by atoms with Gasteiger partial charge in [-0.05, 0) is 73.0 Å². The molecule has 11 heteroatoms. The SMILES string of the molecule is C[C@H](NC(=O)c1c(N)nn2cccnc12)c1c2c3c(ccc(C#Cc4cnn(C)c4)c3c(=O)n1-c1cccc(F)c1)CCC2. The Morgan fingerprint density at radius 3 is 2.80 bits per heavy atom. The highest BCUT2D eigenvalue weighted by Crippen LogP contribution is 2.36. The number of amides is 1. The van der Waals surface area contributed by atoms with E-state index in [0.29, 0.717) is 34.4 Å². The Morgan fingerprint density at radius 1 is 1.14 bits per heavy atom. The number of nitrogens with one attached hydrogen (secondary N) is 1. The lowest BCUT2D eigenvalue weighted by Gasteiger charge is -2.28. The van der Waals surface area contributed by atoms with Crippen molar-refractivity contribution in [2.75, 3.05) is 5.73 Å². The Hall–Kier alpha value is -5.76. The van der Waals surface area contributed by atoms with E-state index in [0.717, 1.165) is 34.9 Å². The van der Waals surface area contributed by atoms with Crippen molar-refractivity contribution in [1.29, 1.82) is 0 Å². The molecule has 0 unspecified atom stereocenters. The van der Waals surface area contributed by atoms with Crippen LogP contribution < -0.4 is 16.6 Å². The van der Waals surface area contributed by atoms with E-state index >= 15 is 0 Å². The molecule has 1 aliphatic rings. The van der Waals surface area contributed by atoms with Crippen molar-refractivity contribution < 1.29 is 9.18 Å². The van der Waals surface area contributed by atoms with Gasteiger partial charge in [-0.3, -0.25) is 18.8 Å². The number of aromatic nitrogens is 6. The summed E-state index contributed by atoms with van der Waals surface area (Å²) in [6, 6.07) is 10.8. The van der Waals surface area contributed by atoms with E-state index in [9.17, 15) is 14.0 Å². The molecule has 0 bridgehead atoms. The molecule has 1 aliphatic carbocycles. The highest BCUT2D eigenvalue weighted by molar-refractivity contribution is 6.04. The number of hydrogen-bond acceptors (Lipinski definition) is 6. The van der Waals surface area contributed by atoms with Gasteiger partial charge in [0, 0.05) is 31.2 Å². The summed E-state index contributed by atoms with van der Waals surface area (Å²) < 4.78 is 19.2. The third-order valence-electron chi connectivity index (χ3n) is 7.95. The predicted octanol–water partition coefficient (Wildman–Crippen LogP) is 3.87. The Bertz CT molecular complexity index is 2250. The first-order chi connectivity index (χ1) is 21.3. The second kappa shape index (κ2) is 10.5. The van der Waals surface area contributed by atoms with Crippen molar-refractivity contribution in [2.24, 2.45) is 7.05 Å². The van der Waals surface area contributed by atoms with Crippen molar-refractivity contribution >= 4 is 28.1 Å². The highest BCUT2D eigenvalue weighted by Gasteiger charge is 2.29. The van der Waals surface area contributed by atoms with E-state index in [1.165, 1.54) is 21.2 Å². The molecule has 1 amide bonds. The van der Waals surface area contributed by atoms with Gasteiger partial charge < -0.3 is 11.1 Å². The lowest BCUT2D eigenvalue weighted by molar-refractivity contribution is 0.0941. The van der Waals surface area contributed by atoms with Gasteiger partial charge in [0.2, 0.25) is 0 Å². The second-order valence-electron chi connectivity index (χ2n) is 10.9. The molecule has 44 heavy (non-hydrogen) atoms. The number of pyridine rings is 1. The number of carbonyl (C=O) groups excluding carboxylic acids is 1. The van der Waals surface area contributed by atoms with Gasteiger partial charge in [0.1, 0.15) is 11.4 Å². The van der Waals surface area contributed by atoms with Crippen LogP contribution in [0.15, 0.2) is 72.0 Å². The number of nitrogens with zero attached hydrogens (tertiary/aromatic N) is 6. The fourth-order valence-corrected chi connectivity index (χ4v) is 6.13. The Kier molecular flexibility index (Phi) is 6.47. The molecule has 0 aliphatic heterocycles. The number of halogens is 1. The molecule has 2 aromatic carbocycles. The number of nitrogens with two attached hydrogens (primary N) is 1. The smallest absolute Gasteiger partial charge is 0.264 e. The summed E-state index contributed by atoms with van der Waals surface area (Å²) >= 11 is 0. The number of fused-ring (bicyclic) bond motifs is 1. The lowest BCUT2D eigenvalue weighted by Crippen LogP contribution is -2.34. The normalized spacial score (nSPS) is 13.1. The Morgan fingerprint density at radius 2 is 2.00 bits per heavy atom. The summed E-state index contributed by atoms with van der Waals surface area (Å²) in [6.07, 6.45) is 8.99. The maximum absolute atomic E-state index is 14.6. The molecule has 0 saturated heterocycles. The zero-order chi connectivity index (χ0) is 30.5. The summed E-state index contributed by atoms with van der Waals surface area (Å²) in [4.78, 5) is 32.5. The first-order valence-corrected chi connectivity index (χ1v) is 14.2. The van der Waals surface area contributed by atoms with Gasteiger partial charge in [0.25, 0.3) is 11.5 Å². The maximum Gasteiger partial charge on any atom is 0.264 e. The summed E-state index contributed by atoms with van der Waals surface area (Å²) in [7, 11) is 1.81. The van der Waals surface area contributed by atoms with Crippen LogP contribution in [0.25, 0.3) is 22.1 Å². The second-order valence-corrected chi connectivity index (χ2v) is 10.9. The van der Waals surface area contributed by atoms with Gasteiger partial charge in [0.05, 0.1) is 34.6 Å². The summed E-state index contributed by atoms with van der Waals surface area (Å²) in [6.45, 7) is 1.81. The zero-order valence-electron chi connectivity index (χ0n) is 24.0. The van der Waals surface area contributed by atoms with Crippen LogP contribution in [0.5, 0.6) is 0 Å². The molecule has 4 heterocycles. The minimum Gasteiger partial charge on any atom is -0.381 e. The molecule has 0 fully saturated rings. The standard InChI is InChI=1S/C33H27FN8O2/c1-19(38-32(43)28-30(35)39-41-15-5-14-36-31(28)41)29-25-9-3-6-21-12-13-22(11-10-20-17-37-40(2)18-20)27(26(21)25)33(44)42(29)24-8-4-7-23(34)16-24/h4-5,7-8,12-19H,3,6,9H2,1-2H3,(H2,35,39)(H,38,43)/t19-/m0/s1.